The van der Waals surface area contributed by atoms with Gasteiger partial charge >= 0.3 is 0 Å². The summed E-state index contributed by atoms with van der Waals surface area (Å²) in [4.78, 5) is 12.4. The zero-order valence-corrected chi connectivity index (χ0v) is 17.2. The minimum Gasteiger partial charge on any atom is -0.493 e. The molecule has 152 valence electrons. The van der Waals surface area contributed by atoms with E-state index in [0.717, 1.165) is 48.1 Å². The highest BCUT2D eigenvalue weighted by molar-refractivity contribution is 5.89. The molecule has 0 saturated heterocycles. The number of nitrogens with one attached hydrogen (secondary N) is 1. The second-order valence-electron chi connectivity index (χ2n) is 7.09. The second kappa shape index (κ2) is 10.5. The van der Waals surface area contributed by atoms with Gasteiger partial charge in [-0.3, -0.25) is 4.79 Å². The van der Waals surface area contributed by atoms with Crippen LogP contribution in [0.4, 0.5) is 0 Å². The van der Waals surface area contributed by atoms with Crippen LogP contribution < -0.4 is 14.8 Å². The first-order valence-corrected chi connectivity index (χ1v) is 10.3. The van der Waals surface area contributed by atoms with E-state index in [-0.39, 0.29) is 5.91 Å². The van der Waals surface area contributed by atoms with Crippen LogP contribution in [0.2, 0.25) is 0 Å². The fourth-order valence-corrected chi connectivity index (χ4v) is 3.24. The van der Waals surface area contributed by atoms with Gasteiger partial charge in [-0.2, -0.15) is 0 Å². The maximum absolute atomic E-state index is 12.4. The number of benzene rings is 3. The van der Waals surface area contributed by atoms with Crippen molar-refractivity contribution in [2.75, 3.05) is 13.2 Å². The zero-order chi connectivity index (χ0) is 20.5. The van der Waals surface area contributed by atoms with Gasteiger partial charge in [-0.15, -0.1) is 0 Å². The summed E-state index contributed by atoms with van der Waals surface area (Å²) in [6.45, 7) is 5.20. The molecule has 0 aromatic heterocycles. The van der Waals surface area contributed by atoms with Gasteiger partial charge in [0.15, 0.2) is 6.10 Å². The fraction of sp³-hybridized carbons (Fsp3) is 0.320. The molecule has 0 radical (unpaired) electrons. The van der Waals surface area contributed by atoms with Gasteiger partial charge in [0.25, 0.3) is 5.91 Å². The largest absolute Gasteiger partial charge is 0.493 e. The van der Waals surface area contributed by atoms with Gasteiger partial charge < -0.3 is 14.8 Å². The van der Waals surface area contributed by atoms with Crippen LogP contribution in [0.5, 0.6) is 11.5 Å². The molecule has 0 unspecified atom stereocenters. The van der Waals surface area contributed by atoms with Gasteiger partial charge in [-0.05, 0) is 49.3 Å². The number of para-hydroxylation sites is 1. The Morgan fingerprint density at radius 3 is 2.55 bits per heavy atom. The standard InChI is InChI=1S/C25H29NO3/c1-3-18-28-23-15-7-5-11-21(23)13-9-17-26-25(27)19(2)29-24-16-8-12-20-10-4-6-14-22(20)24/h4-8,10-12,14-16,19H,3,9,13,17-18H2,1-2H3,(H,26,27)/t19-/m0/s1. The first-order chi connectivity index (χ1) is 14.2. The highest BCUT2D eigenvalue weighted by atomic mass is 16.5. The molecule has 1 N–H and O–H groups in total. The van der Waals surface area contributed by atoms with Crippen LogP contribution in [0, 0.1) is 0 Å². The van der Waals surface area contributed by atoms with Gasteiger partial charge in [0.2, 0.25) is 0 Å². The molecule has 29 heavy (non-hydrogen) atoms. The molecular weight excluding hydrogens is 362 g/mol. The number of hydrogen-bond acceptors (Lipinski definition) is 3. The predicted octanol–water partition coefficient (Wildman–Crippen LogP) is 5.14. The summed E-state index contributed by atoms with van der Waals surface area (Å²) in [5, 5.41) is 5.09. The second-order valence-corrected chi connectivity index (χ2v) is 7.09. The predicted molar refractivity (Wildman–Crippen MR) is 118 cm³/mol. The Bertz CT molecular complexity index is 933. The Labute approximate surface area is 172 Å². The minimum absolute atomic E-state index is 0.103. The molecule has 3 aromatic rings. The van der Waals surface area contributed by atoms with Crippen LogP contribution in [0.15, 0.2) is 66.7 Å². The van der Waals surface area contributed by atoms with Crippen molar-refractivity contribution < 1.29 is 14.3 Å². The van der Waals surface area contributed by atoms with Gasteiger partial charge in [0.05, 0.1) is 6.61 Å². The van der Waals surface area contributed by atoms with Crippen molar-refractivity contribution >= 4 is 16.7 Å². The third-order valence-corrected chi connectivity index (χ3v) is 4.78. The Kier molecular flexibility index (Phi) is 7.51. The first kappa shape index (κ1) is 20.7. The van der Waals surface area contributed by atoms with Crippen LogP contribution >= 0.6 is 0 Å². The lowest BCUT2D eigenvalue weighted by molar-refractivity contribution is -0.127. The number of fused-ring (bicyclic) bond motifs is 1. The van der Waals surface area contributed by atoms with Crippen molar-refractivity contribution in [1.29, 1.82) is 0 Å². The molecule has 0 saturated carbocycles. The molecule has 4 heteroatoms. The zero-order valence-electron chi connectivity index (χ0n) is 17.2. The lowest BCUT2D eigenvalue weighted by Crippen LogP contribution is -2.37. The number of amides is 1. The number of aryl methyl sites for hydroxylation is 1. The SMILES string of the molecule is CCCOc1ccccc1CCCNC(=O)[C@H](C)Oc1cccc2ccccc12. The maximum atomic E-state index is 12.4. The molecule has 0 fully saturated rings. The van der Waals surface area contributed by atoms with Gasteiger partial charge in [0.1, 0.15) is 11.5 Å². The van der Waals surface area contributed by atoms with Crippen molar-refractivity contribution in [3.8, 4) is 11.5 Å². The summed E-state index contributed by atoms with van der Waals surface area (Å²) >= 11 is 0. The van der Waals surface area contributed by atoms with Crippen molar-refractivity contribution in [2.24, 2.45) is 0 Å². The summed E-state index contributed by atoms with van der Waals surface area (Å²) in [5.74, 6) is 1.56. The van der Waals surface area contributed by atoms with Crippen LogP contribution in [0.3, 0.4) is 0 Å². The Balaban J connectivity index is 1.48. The van der Waals surface area contributed by atoms with Crippen molar-refractivity contribution in [2.45, 2.75) is 39.2 Å². The lowest BCUT2D eigenvalue weighted by atomic mass is 10.1. The summed E-state index contributed by atoms with van der Waals surface area (Å²) in [5.41, 5.74) is 1.18. The summed E-state index contributed by atoms with van der Waals surface area (Å²) < 4.78 is 11.7. The molecule has 3 rings (SSSR count). The number of carbonyl (C=O) groups excluding carboxylic acids is 1. The molecule has 1 amide bonds. The van der Waals surface area contributed by atoms with E-state index in [2.05, 4.69) is 18.3 Å². The number of ether oxygens (including phenoxy) is 2. The van der Waals surface area contributed by atoms with Crippen molar-refractivity contribution in [3.05, 3.63) is 72.3 Å². The number of carbonyl (C=O) groups is 1. The molecule has 0 aliphatic rings. The van der Waals surface area contributed by atoms with Crippen LogP contribution in [0.25, 0.3) is 10.8 Å². The first-order valence-electron chi connectivity index (χ1n) is 10.3. The molecule has 0 aliphatic carbocycles. The van der Waals surface area contributed by atoms with Crippen LogP contribution in [0.1, 0.15) is 32.3 Å². The summed E-state index contributed by atoms with van der Waals surface area (Å²) in [6, 6.07) is 22.0. The third-order valence-electron chi connectivity index (χ3n) is 4.78. The Morgan fingerprint density at radius 1 is 0.966 bits per heavy atom. The van der Waals surface area contributed by atoms with E-state index < -0.39 is 6.10 Å². The summed E-state index contributed by atoms with van der Waals surface area (Å²) in [7, 11) is 0. The summed E-state index contributed by atoms with van der Waals surface area (Å²) in [6.07, 6.45) is 2.14. The van der Waals surface area contributed by atoms with E-state index in [4.69, 9.17) is 9.47 Å². The molecule has 1 atom stereocenters. The van der Waals surface area contributed by atoms with E-state index in [1.165, 1.54) is 5.56 Å². The average Bonchev–Trinajstić information content (AvgIpc) is 2.76. The lowest BCUT2D eigenvalue weighted by Gasteiger charge is -2.16. The topological polar surface area (TPSA) is 47.6 Å². The molecule has 0 heterocycles. The van der Waals surface area contributed by atoms with E-state index in [0.29, 0.717) is 6.54 Å². The molecule has 0 spiro atoms. The highest BCUT2D eigenvalue weighted by Gasteiger charge is 2.15. The van der Waals surface area contributed by atoms with Gasteiger partial charge in [0, 0.05) is 11.9 Å². The molecule has 4 nitrogen and oxygen atoms in total. The molecule has 3 aromatic carbocycles. The monoisotopic (exact) mass is 391 g/mol. The quantitative estimate of drug-likeness (QED) is 0.487. The van der Waals surface area contributed by atoms with Crippen LogP contribution in [-0.4, -0.2) is 25.2 Å². The van der Waals surface area contributed by atoms with Crippen LogP contribution in [-0.2, 0) is 11.2 Å². The Hall–Kier alpha value is -3.01. The molecule has 0 bridgehead atoms. The van der Waals surface area contributed by atoms with E-state index in [1.807, 2.05) is 60.7 Å². The van der Waals surface area contributed by atoms with Crippen molar-refractivity contribution in [3.63, 3.8) is 0 Å². The Morgan fingerprint density at radius 2 is 1.69 bits per heavy atom. The van der Waals surface area contributed by atoms with Crippen molar-refractivity contribution in [1.82, 2.24) is 5.32 Å². The number of hydrogen-bond donors (Lipinski definition) is 1. The normalized spacial score (nSPS) is 11.8. The minimum atomic E-state index is -0.555. The van der Waals surface area contributed by atoms with E-state index in [1.54, 1.807) is 6.92 Å². The van der Waals surface area contributed by atoms with Gasteiger partial charge in [-0.1, -0.05) is 61.5 Å². The van der Waals surface area contributed by atoms with Gasteiger partial charge in [-0.25, -0.2) is 0 Å². The maximum Gasteiger partial charge on any atom is 0.260 e. The smallest absolute Gasteiger partial charge is 0.260 e. The molecule has 0 aliphatic heterocycles. The third kappa shape index (κ3) is 5.74. The number of rotatable bonds is 10. The average molecular weight is 392 g/mol. The highest BCUT2D eigenvalue weighted by Crippen LogP contribution is 2.26. The van der Waals surface area contributed by atoms with E-state index in [9.17, 15) is 4.79 Å². The fourth-order valence-electron chi connectivity index (χ4n) is 3.24. The molecular formula is C25H29NO3. The van der Waals surface area contributed by atoms with E-state index >= 15 is 0 Å².